The first-order valence-corrected chi connectivity index (χ1v) is 11.7. The van der Waals surface area contributed by atoms with E-state index in [4.69, 9.17) is 20.4 Å². The summed E-state index contributed by atoms with van der Waals surface area (Å²) in [6.07, 6.45) is 8.50. The number of hydrogen-bond acceptors (Lipinski definition) is 8. The van der Waals surface area contributed by atoms with E-state index in [1.165, 1.54) is 19.3 Å². The fourth-order valence-corrected chi connectivity index (χ4v) is 4.33. The van der Waals surface area contributed by atoms with E-state index in [2.05, 4.69) is 20.2 Å². The van der Waals surface area contributed by atoms with E-state index in [1.54, 1.807) is 21.0 Å². The molecule has 9 nitrogen and oxygen atoms in total. The normalized spacial score (nSPS) is 15.0. The Kier molecular flexibility index (Phi) is 6.88. The van der Waals surface area contributed by atoms with E-state index in [1.807, 2.05) is 24.5 Å². The van der Waals surface area contributed by atoms with E-state index >= 15 is 0 Å². The average Bonchev–Trinajstić information content (AvgIpc) is 3.22. The largest absolute Gasteiger partial charge is 0.495 e. The van der Waals surface area contributed by atoms with Crippen LogP contribution in [-0.2, 0) is 6.54 Å². The van der Waals surface area contributed by atoms with Crippen molar-refractivity contribution in [2.45, 2.75) is 70.6 Å². The van der Waals surface area contributed by atoms with Crippen molar-refractivity contribution in [2.24, 2.45) is 0 Å². The fraction of sp³-hybridized carbons (Fsp3) is 0.542. The van der Waals surface area contributed by atoms with Crippen molar-refractivity contribution in [3.8, 4) is 5.75 Å². The molecule has 1 aliphatic rings. The summed E-state index contributed by atoms with van der Waals surface area (Å²) in [4.78, 5) is 14.2. The lowest BCUT2D eigenvalue weighted by Gasteiger charge is -2.23. The maximum atomic E-state index is 10.1. The molecule has 0 amide bonds. The summed E-state index contributed by atoms with van der Waals surface area (Å²) >= 11 is 0. The van der Waals surface area contributed by atoms with E-state index in [0.717, 1.165) is 29.6 Å². The molecule has 4 rings (SSSR count). The third kappa shape index (κ3) is 5.47. The first-order valence-electron chi connectivity index (χ1n) is 11.7. The number of nitrogens with two attached hydrogens (primary N) is 1. The zero-order chi connectivity index (χ0) is 23.4. The maximum Gasteiger partial charge on any atom is 0.226 e. The van der Waals surface area contributed by atoms with Gasteiger partial charge in [-0.15, -0.1) is 0 Å². The number of fused-ring (bicyclic) bond motifs is 1. The Morgan fingerprint density at radius 3 is 2.70 bits per heavy atom. The second kappa shape index (κ2) is 9.82. The lowest BCUT2D eigenvalue weighted by Crippen LogP contribution is -2.23. The monoisotopic (exact) mass is 453 g/mol. The number of nitrogens with zero attached hydrogens (tertiary/aromatic N) is 4. The number of hydrogen-bond donors (Lipinski definition) is 4. The van der Waals surface area contributed by atoms with E-state index in [9.17, 15) is 5.11 Å². The molecule has 5 N–H and O–H groups in total. The van der Waals surface area contributed by atoms with Gasteiger partial charge in [-0.2, -0.15) is 9.97 Å². The van der Waals surface area contributed by atoms with Gasteiger partial charge in [0.25, 0.3) is 0 Å². The van der Waals surface area contributed by atoms with Crippen LogP contribution in [0.1, 0.15) is 64.0 Å². The number of aromatic nitrogens is 4. The second-order valence-electron chi connectivity index (χ2n) is 9.39. The van der Waals surface area contributed by atoms with E-state index in [-0.39, 0.29) is 0 Å². The summed E-state index contributed by atoms with van der Waals surface area (Å²) in [6.45, 7) is 4.63. The number of benzene rings is 1. The van der Waals surface area contributed by atoms with Crippen molar-refractivity contribution in [3.63, 3.8) is 0 Å². The summed E-state index contributed by atoms with van der Waals surface area (Å²) in [5, 5.41) is 16.7. The number of aliphatic hydroxyl groups is 1. The first kappa shape index (κ1) is 23.1. The molecule has 178 valence electrons. The van der Waals surface area contributed by atoms with Crippen molar-refractivity contribution in [1.29, 1.82) is 0 Å². The molecule has 1 fully saturated rings. The Hall–Kier alpha value is -3.07. The van der Waals surface area contributed by atoms with Gasteiger partial charge in [0.2, 0.25) is 5.95 Å². The van der Waals surface area contributed by atoms with Gasteiger partial charge < -0.3 is 30.8 Å². The fourth-order valence-electron chi connectivity index (χ4n) is 4.33. The minimum Gasteiger partial charge on any atom is -0.495 e. The van der Waals surface area contributed by atoms with Crippen LogP contribution in [0.4, 0.5) is 17.5 Å². The van der Waals surface area contributed by atoms with Crippen molar-refractivity contribution >= 4 is 28.6 Å². The Labute approximate surface area is 194 Å². The van der Waals surface area contributed by atoms with Crippen LogP contribution < -0.4 is 21.1 Å². The minimum atomic E-state index is -0.758. The number of nitrogens with one attached hydrogen (secondary N) is 2. The molecule has 0 radical (unpaired) electrons. The van der Waals surface area contributed by atoms with Crippen molar-refractivity contribution in [1.82, 2.24) is 19.5 Å². The summed E-state index contributed by atoms with van der Waals surface area (Å²) in [5.74, 6) is 1.82. The van der Waals surface area contributed by atoms with Crippen LogP contribution >= 0.6 is 0 Å². The predicted octanol–water partition coefficient (Wildman–Crippen LogP) is 4.11. The second-order valence-corrected chi connectivity index (χ2v) is 9.39. The Morgan fingerprint density at radius 2 is 1.97 bits per heavy atom. The van der Waals surface area contributed by atoms with Crippen LogP contribution in [0.3, 0.4) is 0 Å². The standard InChI is InChI=1S/C24H35N7O2/c1-24(2,32)12-13-26-23-29-21(27-14-16-8-7-11-18(33-3)19(16)25)20-22(30-23)31(15-28-20)17-9-5-4-6-10-17/h7-8,11,15,17,32H,4-6,9-10,12-14,25H2,1-3H3,(H2,26,27,29,30). The van der Waals surface area contributed by atoms with Crippen LogP contribution in [0.5, 0.6) is 5.75 Å². The van der Waals surface area contributed by atoms with Gasteiger partial charge in [-0.25, -0.2) is 4.98 Å². The van der Waals surface area contributed by atoms with Crippen LogP contribution in [0, 0.1) is 0 Å². The molecule has 1 aliphatic carbocycles. The number of rotatable bonds is 9. The molecule has 3 aromatic rings. The van der Waals surface area contributed by atoms with E-state index in [0.29, 0.717) is 48.8 Å². The highest BCUT2D eigenvalue weighted by Gasteiger charge is 2.21. The summed E-state index contributed by atoms with van der Waals surface area (Å²) in [5.41, 5.74) is 8.59. The Balaban J connectivity index is 1.64. The zero-order valence-corrected chi connectivity index (χ0v) is 19.8. The van der Waals surface area contributed by atoms with Gasteiger partial charge in [0.1, 0.15) is 5.75 Å². The Morgan fingerprint density at radius 1 is 1.18 bits per heavy atom. The van der Waals surface area contributed by atoms with Crippen LogP contribution in [0.25, 0.3) is 11.2 Å². The molecule has 0 saturated heterocycles. The molecule has 1 saturated carbocycles. The third-order valence-corrected chi connectivity index (χ3v) is 6.23. The Bertz CT molecular complexity index is 1080. The SMILES string of the molecule is COc1cccc(CNc2nc(NCCC(C)(C)O)nc3c2ncn3C2CCCCC2)c1N. The average molecular weight is 454 g/mol. The predicted molar refractivity (Wildman–Crippen MR) is 132 cm³/mol. The number of ether oxygens (including phenoxy) is 1. The van der Waals surface area contributed by atoms with Crippen molar-refractivity contribution in [3.05, 3.63) is 30.1 Å². The molecule has 33 heavy (non-hydrogen) atoms. The first-order chi connectivity index (χ1) is 15.9. The van der Waals surface area contributed by atoms with Gasteiger partial charge in [0, 0.05) is 19.1 Å². The third-order valence-electron chi connectivity index (χ3n) is 6.23. The molecular weight excluding hydrogens is 418 g/mol. The molecule has 9 heteroatoms. The molecule has 2 heterocycles. The van der Waals surface area contributed by atoms with E-state index < -0.39 is 5.60 Å². The molecule has 0 aliphatic heterocycles. The van der Waals surface area contributed by atoms with Gasteiger partial charge in [-0.05, 0) is 44.7 Å². The summed E-state index contributed by atoms with van der Waals surface area (Å²) < 4.78 is 7.54. The number of anilines is 3. The topological polar surface area (TPSA) is 123 Å². The van der Waals surface area contributed by atoms with Crippen molar-refractivity contribution < 1.29 is 9.84 Å². The molecule has 0 spiro atoms. The number of nitrogen functional groups attached to an aromatic ring is 1. The summed E-state index contributed by atoms with van der Waals surface area (Å²) in [6, 6.07) is 6.14. The highest BCUT2D eigenvalue weighted by Crippen LogP contribution is 2.32. The zero-order valence-electron chi connectivity index (χ0n) is 19.8. The van der Waals surface area contributed by atoms with Crippen molar-refractivity contribution in [2.75, 3.05) is 30.0 Å². The minimum absolute atomic E-state index is 0.407. The highest BCUT2D eigenvalue weighted by molar-refractivity contribution is 5.84. The quantitative estimate of drug-likeness (QED) is 0.357. The molecule has 0 bridgehead atoms. The molecular formula is C24H35N7O2. The number of methoxy groups -OCH3 is 1. The number of imidazole rings is 1. The molecule has 1 aromatic carbocycles. The van der Waals surface area contributed by atoms with Gasteiger partial charge >= 0.3 is 0 Å². The van der Waals surface area contributed by atoms with Gasteiger partial charge in [0.15, 0.2) is 17.0 Å². The highest BCUT2D eigenvalue weighted by atomic mass is 16.5. The maximum absolute atomic E-state index is 10.1. The van der Waals surface area contributed by atoms with Crippen LogP contribution in [0.15, 0.2) is 24.5 Å². The van der Waals surface area contributed by atoms with Gasteiger partial charge in [0.05, 0.1) is 24.7 Å². The van der Waals surface area contributed by atoms with Crippen LogP contribution in [0.2, 0.25) is 0 Å². The summed E-state index contributed by atoms with van der Waals surface area (Å²) in [7, 11) is 1.61. The lowest BCUT2D eigenvalue weighted by atomic mass is 9.95. The lowest BCUT2D eigenvalue weighted by molar-refractivity contribution is 0.0748. The smallest absolute Gasteiger partial charge is 0.226 e. The van der Waals surface area contributed by atoms with Gasteiger partial charge in [-0.1, -0.05) is 31.4 Å². The molecule has 0 atom stereocenters. The molecule has 0 unspecified atom stereocenters. The molecule has 2 aromatic heterocycles. The number of para-hydroxylation sites is 1. The van der Waals surface area contributed by atoms with Crippen LogP contribution in [-0.4, -0.2) is 43.9 Å². The van der Waals surface area contributed by atoms with Gasteiger partial charge in [-0.3, -0.25) is 0 Å².